The lowest BCUT2D eigenvalue weighted by atomic mass is 10.2. The lowest BCUT2D eigenvalue weighted by molar-refractivity contribution is 0.0973. The molecule has 0 radical (unpaired) electrons. The fourth-order valence-corrected chi connectivity index (χ4v) is 2.32. The van der Waals surface area contributed by atoms with E-state index in [0.29, 0.717) is 28.7 Å². The van der Waals surface area contributed by atoms with Gasteiger partial charge in [-0.3, -0.25) is 15.0 Å². The summed E-state index contributed by atoms with van der Waals surface area (Å²) in [6.45, 7) is 4.76. The molecule has 0 spiro atoms. The molecule has 1 aromatic heterocycles. The topological polar surface area (TPSA) is 70.4 Å². The van der Waals surface area contributed by atoms with E-state index in [1.54, 1.807) is 18.7 Å². The van der Waals surface area contributed by atoms with Gasteiger partial charge in [0.15, 0.2) is 10.2 Å². The minimum atomic E-state index is -0.328. The van der Waals surface area contributed by atoms with Crippen molar-refractivity contribution in [2.45, 2.75) is 13.8 Å². The predicted molar refractivity (Wildman–Crippen MR) is 73.3 cm³/mol. The van der Waals surface area contributed by atoms with Gasteiger partial charge < -0.3 is 9.84 Å². The van der Waals surface area contributed by atoms with Gasteiger partial charge in [-0.25, -0.2) is 0 Å². The van der Waals surface area contributed by atoms with E-state index in [1.807, 2.05) is 0 Å². The van der Waals surface area contributed by atoms with Crippen LogP contribution in [0.25, 0.3) is 0 Å². The maximum atomic E-state index is 12.0. The van der Waals surface area contributed by atoms with Gasteiger partial charge in [-0.2, -0.15) is 0 Å². The smallest absolute Gasteiger partial charge is 0.262 e. The Bertz CT molecular complexity index is 506. The summed E-state index contributed by atoms with van der Waals surface area (Å²) in [6.07, 6.45) is 0. The average molecular weight is 284 g/mol. The number of carbonyl (C=O) groups is 1. The average Bonchev–Trinajstić information content (AvgIpc) is 2.85. The van der Waals surface area contributed by atoms with Gasteiger partial charge in [0.2, 0.25) is 0 Å². The van der Waals surface area contributed by atoms with Crippen LogP contribution in [0.1, 0.15) is 21.8 Å². The van der Waals surface area contributed by atoms with Crippen molar-refractivity contribution in [2.24, 2.45) is 0 Å². The molecule has 0 atom stereocenters. The number of carbonyl (C=O) groups excluding carboxylic acids is 1. The van der Waals surface area contributed by atoms with E-state index in [4.69, 9.17) is 29.0 Å². The van der Waals surface area contributed by atoms with Gasteiger partial charge in [-0.05, 0) is 38.3 Å². The third-order valence-corrected chi connectivity index (χ3v) is 3.27. The standard InChI is InChI=1S/C10H12N4O2S2/c1-5-7(6(2)16-13-5)8(15)12-10(18)14-4-3-11-9(14)17/h3-4H2,1-2H3,(H,11,17)(H,12,15,18). The number of amides is 1. The molecule has 2 rings (SSSR count). The molecule has 0 unspecified atom stereocenters. The van der Waals surface area contributed by atoms with Crippen LogP contribution < -0.4 is 10.6 Å². The van der Waals surface area contributed by atoms with Crippen molar-refractivity contribution in [3.05, 3.63) is 17.0 Å². The van der Waals surface area contributed by atoms with Gasteiger partial charge in [0, 0.05) is 13.1 Å². The first-order chi connectivity index (χ1) is 8.50. The summed E-state index contributed by atoms with van der Waals surface area (Å²) >= 11 is 10.2. The maximum Gasteiger partial charge on any atom is 0.262 e. The Kier molecular flexibility index (Phi) is 3.58. The van der Waals surface area contributed by atoms with Gasteiger partial charge in [0.05, 0.1) is 5.69 Å². The monoisotopic (exact) mass is 284 g/mol. The molecule has 1 saturated heterocycles. The van der Waals surface area contributed by atoms with Crippen LogP contribution in [-0.4, -0.2) is 39.3 Å². The summed E-state index contributed by atoms with van der Waals surface area (Å²) in [5.41, 5.74) is 0.949. The van der Waals surface area contributed by atoms with Crippen LogP contribution in [-0.2, 0) is 0 Å². The molecular formula is C10H12N4O2S2. The van der Waals surface area contributed by atoms with Crippen LogP contribution in [0.3, 0.4) is 0 Å². The lowest BCUT2D eigenvalue weighted by Crippen LogP contribution is -2.44. The molecule has 0 aromatic carbocycles. The number of rotatable bonds is 1. The largest absolute Gasteiger partial charge is 0.361 e. The Morgan fingerprint density at radius 2 is 2.28 bits per heavy atom. The molecule has 0 aliphatic carbocycles. The van der Waals surface area contributed by atoms with Crippen LogP contribution in [0.15, 0.2) is 4.52 Å². The molecule has 0 bridgehead atoms. The molecule has 1 fully saturated rings. The van der Waals surface area contributed by atoms with Gasteiger partial charge in [0.1, 0.15) is 11.3 Å². The van der Waals surface area contributed by atoms with Crippen LogP contribution in [0.2, 0.25) is 0 Å². The summed E-state index contributed by atoms with van der Waals surface area (Å²) in [5, 5.41) is 10.1. The summed E-state index contributed by atoms with van der Waals surface area (Å²) in [5.74, 6) is 0.140. The van der Waals surface area contributed by atoms with Gasteiger partial charge >= 0.3 is 0 Å². The SMILES string of the molecule is Cc1noc(C)c1C(=O)NC(=S)N1CCNC1=S. The zero-order valence-corrected chi connectivity index (χ0v) is 11.6. The zero-order chi connectivity index (χ0) is 13.3. The Hall–Kier alpha value is -1.54. The molecule has 1 aromatic rings. The molecule has 96 valence electrons. The van der Waals surface area contributed by atoms with Crippen molar-refractivity contribution in [3.63, 3.8) is 0 Å². The molecule has 8 heteroatoms. The maximum absolute atomic E-state index is 12.0. The number of aryl methyl sites for hydroxylation is 2. The van der Waals surface area contributed by atoms with Crippen molar-refractivity contribution < 1.29 is 9.32 Å². The molecule has 1 amide bonds. The van der Waals surface area contributed by atoms with Crippen molar-refractivity contribution in [1.82, 2.24) is 20.7 Å². The number of thiocarbonyl (C=S) groups is 2. The quantitative estimate of drug-likeness (QED) is 0.728. The summed E-state index contributed by atoms with van der Waals surface area (Å²) < 4.78 is 4.94. The first kappa shape index (κ1) is 12.9. The van der Waals surface area contributed by atoms with E-state index in [9.17, 15) is 4.79 Å². The van der Waals surface area contributed by atoms with Crippen LogP contribution in [0.5, 0.6) is 0 Å². The van der Waals surface area contributed by atoms with Crippen LogP contribution in [0, 0.1) is 13.8 Å². The minimum absolute atomic E-state index is 0.287. The first-order valence-corrected chi connectivity index (χ1v) is 6.16. The first-order valence-electron chi connectivity index (χ1n) is 5.34. The second-order valence-electron chi connectivity index (χ2n) is 3.84. The number of nitrogens with one attached hydrogen (secondary N) is 2. The van der Waals surface area contributed by atoms with Gasteiger partial charge in [-0.1, -0.05) is 5.16 Å². The molecule has 2 heterocycles. The Morgan fingerprint density at radius 1 is 1.56 bits per heavy atom. The lowest BCUT2D eigenvalue weighted by Gasteiger charge is -2.17. The molecule has 18 heavy (non-hydrogen) atoms. The van der Waals surface area contributed by atoms with Gasteiger partial charge in [0.25, 0.3) is 5.91 Å². The highest BCUT2D eigenvalue weighted by Crippen LogP contribution is 2.12. The van der Waals surface area contributed by atoms with Crippen molar-refractivity contribution in [3.8, 4) is 0 Å². The Morgan fingerprint density at radius 3 is 2.78 bits per heavy atom. The number of nitrogens with zero attached hydrogens (tertiary/aromatic N) is 2. The number of aromatic nitrogens is 1. The normalized spacial score (nSPS) is 14.6. The van der Waals surface area contributed by atoms with E-state index in [2.05, 4.69) is 15.8 Å². The molecule has 1 aliphatic heterocycles. The third kappa shape index (κ3) is 2.34. The summed E-state index contributed by atoms with van der Waals surface area (Å²) in [6, 6.07) is 0. The van der Waals surface area contributed by atoms with Crippen molar-refractivity contribution >= 4 is 40.6 Å². The van der Waals surface area contributed by atoms with Crippen molar-refractivity contribution in [2.75, 3.05) is 13.1 Å². The highest BCUT2D eigenvalue weighted by molar-refractivity contribution is 7.81. The second-order valence-corrected chi connectivity index (χ2v) is 4.62. The molecule has 1 aliphatic rings. The van der Waals surface area contributed by atoms with Crippen LogP contribution in [0.4, 0.5) is 0 Å². The highest BCUT2D eigenvalue weighted by atomic mass is 32.1. The molecular weight excluding hydrogens is 272 g/mol. The zero-order valence-electron chi connectivity index (χ0n) is 9.94. The van der Waals surface area contributed by atoms with E-state index < -0.39 is 0 Å². The van der Waals surface area contributed by atoms with Gasteiger partial charge in [-0.15, -0.1) is 0 Å². The molecule has 2 N–H and O–H groups in total. The highest BCUT2D eigenvalue weighted by Gasteiger charge is 2.24. The predicted octanol–water partition coefficient (Wildman–Crippen LogP) is 0.496. The van der Waals surface area contributed by atoms with E-state index >= 15 is 0 Å². The fraction of sp³-hybridized carbons (Fsp3) is 0.400. The number of hydrogen-bond acceptors (Lipinski definition) is 5. The van der Waals surface area contributed by atoms with Crippen LogP contribution >= 0.6 is 24.4 Å². The second kappa shape index (κ2) is 4.99. The van der Waals surface area contributed by atoms with Crippen molar-refractivity contribution in [1.29, 1.82) is 0 Å². The van der Waals surface area contributed by atoms with E-state index in [-0.39, 0.29) is 11.0 Å². The Labute approximate surface area is 115 Å². The number of hydrogen-bond donors (Lipinski definition) is 2. The summed E-state index contributed by atoms with van der Waals surface area (Å²) in [7, 11) is 0. The molecule has 0 saturated carbocycles. The molecule has 6 nitrogen and oxygen atoms in total. The van der Waals surface area contributed by atoms with E-state index in [1.165, 1.54) is 0 Å². The minimum Gasteiger partial charge on any atom is -0.361 e. The Balaban J connectivity index is 2.08. The third-order valence-electron chi connectivity index (χ3n) is 2.58. The summed E-state index contributed by atoms with van der Waals surface area (Å²) in [4.78, 5) is 13.7. The fourth-order valence-electron chi connectivity index (χ4n) is 1.70. The van der Waals surface area contributed by atoms with E-state index in [0.717, 1.165) is 6.54 Å².